The van der Waals surface area contributed by atoms with Crippen molar-refractivity contribution in [3.63, 3.8) is 0 Å². The second-order valence-corrected chi connectivity index (χ2v) is 7.60. The molecular formula is C23H22ClFN4O. The topological polar surface area (TPSA) is 48.5 Å². The lowest BCUT2D eigenvalue weighted by molar-refractivity contribution is -0.121. The lowest BCUT2D eigenvalue weighted by atomic mass is 10.0. The number of benzene rings is 2. The number of aromatic nitrogens is 1. The van der Waals surface area contributed by atoms with Crippen molar-refractivity contribution in [3.8, 4) is 0 Å². The highest BCUT2D eigenvalue weighted by molar-refractivity contribution is 6.30. The number of rotatable bonds is 5. The normalized spacial score (nSPS) is 15.6. The Morgan fingerprint density at radius 3 is 2.30 bits per heavy atom. The average molecular weight is 425 g/mol. The number of pyridine rings is 1. The van der Waals surface area contributed by atoms with E-state index in [9.17, 15) is 9.18 Å². The first-order chi connectivity index (χ1) is 14.6. The smallest absolute Gasteiger partial charge is 0.246 e. The van der Waals surface area contributed by atoms with Gasteiger partial charge in [-0.05, 0) is 42.0 Å². The summed E-state index contributed by atoms with van der Waals surface area (Å²) in [7, 11) is 0. The van der Waals surface area contributed by atoms with Crippen LogP contribution in [0.1, 0.15) is 11.6 Å². The largest absolute Gasteiger partial charge is 0.354 e. The van der Waals surface area contributed by atoms with Gasteiger partial charge in [0.2, 0.25) is 5.91 Å². The molecule has 0 spiro atoms. The fraction of sp³-hybridized carbons (Fsp3) is 0.217. The number of halogens is 2. The molecule has 1 aliphatic rings. The first-order valence-corrected chi connectivity index (χ1v) is 10.2. The lowest BCUT2D eigenvalue weighted by Crippen LogP contribution is -2.50. The third kappa shape index (κ3) is 4.78. The Morgan fingerprint density at radius 2 is 1.67 bits per heavy atom. The third-order valence-corrected chi connectivity index (χ3v) is 5.41. The Hall–Kier alpha value is -2.96. The van der Waals surface area contributed by atoms with Crippen molar-refractivity contribution in [1.29, 1.82) is 0 Å². The van der Waals surface area contributed by atoms with E-state index in [-0.39, 0.29) is 11.7 Å². The average Bonchev–Trinajstić information content (AvgIpc) is 2.77. The molecule has 1 aliphatic heterocycles. The molecule has 154 valence electrons. The van der Waals surface area contributed by atoms with Gasteiger partial charge >= 0.3 is 0 Å². The molecule has 0 aliphatic carbocycles. The first-order valence-electron chi connectivity index (χ1n) is 9.82. The Morgan fingerprint density at radius 1 is 0.967 bits per heavy atom. The standard InChI is InChI=1S/C23H22ClFN4O/c24-18-6-11-21(26-16-18)28-12-14-29(15-13-28)22(17-4-2-1-3-5-17)23(30)27-20-9-7-19(25)8-10-20/h1-11,16,22H,12-15H2,(H,27,30). The van der Waals surface area contributed by atoms with Crippen LogP contribution in [0.5, 0.6) is 0 Å². The van der Waals surface area contributed by atoms with Crippen molar-refractivity contribution < 1.29 is 9.18 Å². The van der Waals surface area contributed by atoms with Crippen molar-refractivity contribution in [2.75, 3.05) is 36.4 Å². The Kier molecular flexibility index (Phi) is 6.26. The molecule has 1 N–H and O–H groups in total. The van der Waals surface area contributed by atoms with Gasteiger partial charge in [0.25, 0.3) is 0 Å². The van der Waals surface area contributed by atoms with Gasteiger partial charge in [-0.3, -0.25) is 9.69 Å². The predicted molar refractivity (Wildman–Crippen MR) is 117 cm³/mol. The molecule has 1 unspecified atom stereocenters. The second-order valence-electron chi connectivity index (χ2n) is 7.17. The molecular weight excluding hydrogens is 403 g/mol. The molecule has 7 heteroatoms. The minimum Gasteiger partial charge on any atom is -0.354 e. The van der Waals surface area contributed by atoms with Gasteiger partial charge < -0.3 is 10.2 Å². The minimum absolute atomic E-state index is 0.133. The van der Waals surface area contributed by atoms with E-state index in [4.69, 9.17) is 11.6 Å². The van der Waals surface area contributed by atoms with Gasteiger partial charge in [-0.15, -0.1) is 0 Å². The Balaban J connectivity index is 1.50. The summed E-state index contributed by atoms with van der Waals surface area (Å²) in [5.74, 6) is 0.413. The number of nitrogens with zero attached hydrogens (tertiary/aromatic N) is 3. The van der Waals surface area contributed by atoms with Crippen molar-refractivity contribution in [1.82, 2.24) is 9.88 Å². The zero-order valence-electron chi connectivity index (χ0n) is 16.3. The summed E-state index contributed by atoms with van der Waals surface area (Å²) >= 11 is 5.94. The minimum atomic E-state index is -0.434. The van der Waals surface area contributed by atoms with E-state index in [1.54, 1.807) is 18.3 Å². The van der Waals surface area contributed by atoms with Crippen molar-refractivity contribution >= 4 is 29.0 Å². The zero-order valence-corrected chi connectivity index (χ0v) is 17.1. The van der Waals surface area contributed by atoms with Gasteiger partial charge in [-0.1, -0.05) is 41.9 Å². The van der Waals surface area contributed by atoms with E-state index >= 15 is 0 Å². The number of piperazine rings is 1. The van der Waals surface area contributed by atoms with Crippen LogP contribution in [0.4, 0.5) is 15.9 Å². The summed E-state index contributed by atoms with van der Waals surface area (Å²) in [6.45, 7) is 2.92. The van der Waals surface area contributed by atoms with Crippen LogP contribution in [0, 0.1) is 5.82 Å². The molecule has 30 heavy (non-hydrogen) atoms. The van der Waals surface area contributed by atoms with Crippen molar-refractivity contribution in [2.24, 2.45) is 0 Å². The van der Waals surface area contributed by atoms with Crippen LogP contribution in [0.2, 0.25) is 5.02 Å². The van der Waals surface area contributed by atoms with Gasteiger partial charge in [0.05, 0.1) is 5.02 Å². The first kappa shape index (κ1) is 20.3. The molecule has 0 radical (unpaired) electrons. The maximum Gasteiger partial charge on any atom is 0.246 e. The monoisotopic (exact) mass is 424 g/mol. The second kappa shape index (κ2) is 9.24. The fourth-order valence-electron chi connectivity index (χ4n) is 3.67. The summed E-state index contributed by atoms with van der Waals surface area (Å²) < 4.78 is 13.2. The fourth-order valence-corrected chi connectivity index (χ4v) is 3.78. The number of amides is 1. The summed E-state index contributed by atoms with van der Waals surface area (Å²) in [5, 5.41) is 3.54. The van der Waals surface area contributed by atoms with E-state index in [1.165, 1.54) is 12.1 Å². The molecule has 5 nitrogen and oxygen atoms in total. The van der Waals surface area contributed by atoms with Crippen molar-refractivity contribution in [2.45, 2.75) is 6.04 Å². The molecule has 1 atom stereocenters. The molecule has 1 amide bonds. The SMILES string of the molecule is O=C(Nc1ccc(F)cc1)C(c1ccccc1)N1CCN(c2ccc(Cl)cn2)CC1. The van der Waals surface area contributed by atoms with E-state index in [1.807, 2.05) is 42.5 Å². The van der Waals surface area contributed by atoms with E-state index < -0.39 is 6.04 Å². The zero-order chi connectivity index (χ0) is 20.9. The van der Waals surface area contributed by atoms with Gasteiger partial charge in [0, 0.05) is 38.1 Å². The lowest BCUT2D eigenvalue weighted by Gasteiger charge is -2.39. The number of carbonyl (C=O) groups excluding carboxylic acids is 1. The Bertz CT molecular complexity index is 974. The van der Waals surface area contributed by atoms with Crippen LogP contribution in [-0.2, 0) is 4.79 Å². The van der Waals surface area contributed by atoms with E-state index in [2.05, 4.69) is 20.1 Å². The summed E-state index contributed by atoms with van der Waals surface area (Å²) in [6.07, 6.45) is 1.65. The number of hydrogen-bond donors (Lipinski definition) is 1. The molecule has 1 fully saturated rings. The summed E-state index contributed by atoms with van der Waals surface area (Å²) in [4.78, 5) is 21.9. The molecule has 1 aromatic heterocycles. The number of anilines is 2. The van der Waals surface area contributed by atoms with Gasteiger partial charge in [0.1, 0.15) is 17.7 Å². The van der Waals surface area contributed by atoms with Crippen LogP contribution in [0.15, 0.2) is 72.9 Å². The Labute approximate surface area is 180 Å². The highest BCUT2D eigenvalue weighted by Gasteiger charge is 2.30. The van der Waals surface area contributed by atoms with Gasteiger partial charge in [-0.25, -0.2) is 9.37 Å². The van der Waals surface area contributed by atoms with Crippen molar-refractivity contribution in [3.05, 3.63) is 89.3 Å². The summed E-state index contributed by atoms with van der Waals surface area (Å²) in [6, 6.07) is 18.8. The number of nitrogens with one attached hydrogen (secondary N) is 1. The quantitative estimate of drug-likeness (QED) is 0.660. The maximum absolute atomic E-state index is 13.2. The molecule has 0 bridgehead atoms. The molecule has 2 aromatic carbocycles. The third-order valence-electron chi connectivity index (χ3n) is 5.19. The molecule has 1 saturated heterocycles. The van der Waals surface area contributed by atoms with Crippen LogP contribution < -0.4 is 10.2 Å². The van der Waals surface area contributed by atoms with Crippen LogP contribution >= 0.6 is 11.6 Å². The van der Waals surface area contributed by atoms with Gasteiger partial charge in [0.15, 0.2) is 0 Å². The molecule has 0 saturated carbocycles. The predicted octanol–water partition coefficient (Wildman–Crippen LogP) is 4.38. The number of carbonyl (C=O) groups is 1. The van der Waals surface area contributed by atoms with Crippen LogP contribution in [0.3, 0.4) is 0 Å². The highest BCUT2D eigenvalue weighted by Crippen LogP contribution is 2.26. The van der Waals surface area contributed by atoms with Crippen LogP contribution in [-0.4, -0.2) is 42.0 Å². The summed E-state index contributed by atoms with van der Waals surface area (Å²) in [5.41, 5.74) is 1.50. The molecule has 3 aromatic rings. The molecule has 4 rings (SSSR count). The maximum atomic E-state index is 13.2. The highest BCUT2D eigenvalue weighted by atomic mass is 35.5. The van der Waals surface area contributed by atoms with Crippen LogP contribution in [0.25, 0.3) is 0 Å². The van der Waals surface area contributed by atoms with E-state index in [0.717, 1.165) is 24.5 Å². The van der Waals surface area contributed by atoms with Gasteiger partial charge in [-0.2, -0.15) is 0 Å². The van der Waals surface area contributed by atoms with E-state index in [0.29, 0.717) is 23.8 Å². The number of hydrogen-bond acceptors (Lipinski definition) is 4. The molecule has 2 heterocycles.